The maximum atomic E-state index is 12.2. The van der Waals surface area contributed by atoms with Crippen LogP contribution in [0.5, 0.6) is 11.5 Å². The highest BCUT2D eigenvalue weighted by atomic mass is 16.5. The van der Waals surface area contributed by atoms with Gasteiger partial charge in [-0.05, 0) is 74.1 Å². The zero-order valence-electron chi connectivity index (χ0n) is 22.9. The molecule has 1 amide bonds. The molecule has 4 rings (SSSR count). The van der Waals surface area contributed by atoms with E-state index >= 15 is 0 Å². The number of allylic oxidation sites excluding steroid dienone is 1. The molecule has 0 spiro atoms. The van der Waals surface area contributed by atoms with E-state index in [0.717, 1.165) is 79.9 Å². The van der Waals surface area contributed by atoms with Crippen molar-refractivity contribution in [2.75, 3.05) is 20.3 Å². The van der Waals surface area contributed by atoms with Crippen LogP contribution in [0.4, 0.5) is 0 Å². The van der Waals surface area contributed by atoms with Crippen molar-refractivity contribution in [2.24, 2.45) is 0 Å². The number of methoxy groups -OCH3 is 1. The Morgan fingerprint density at radius 2 is 1.77 bits per heavy atom. The molecule has 4 aromatic rings. The number of rotatable bonds is 16. The average molecular weight is 526 g/mol. The number of fused-ring (bicyclic) bond motifs is 1. The summed E-state index contributed by atoms with van der Waals surface area (Å²) >= 11 is 0. The molecule has 0 atom stereocenters. The molecule has 0 saturated heterocycles. The number of hydrogen-bond donors (Lipinski definition) is 1. The minimum atomic E-state index is -0.00970. The lowest BCUT2D eigenvalue weighted by molar-refractivity contribution is 0.0953. The second kappa shape index (κ2) is 14.8. The molecular weight excluding hydrogens is 486 g/mol. The third-order valence-corrected chi connectivity index (χ3v) is 6.77. The molecule has 39 heavy (non-hydrogen) atoms. The Hall–Kier alpha value is -4.06. The maximum Gasteiger partial charge on any atom is 0.251 e. The smallest absolute Gasteiger partial charge is 0.251 e. The summed E-state index contributed by atoms with van der Waals surface area (Å²) in [6, 6.07) is 23.8. The summed E-state index contributed by atoms with van der Waals surface area (Å²) in [4.78, 5) is 17.1. The van der Waals surface area contributed by atoms with Gasteiger partial charge >= 0.3 is 0 Å². The van der Waals surface area contributed by atoms with E-state index in [-0.39, 0.29) is 5.91 Å². The molecular formula is C33H39N3O3. The fourth-order valence-corrected chi connectivity index (χ4v) is 4.72. The van der Waals surface area contributed by atoms with E-state index in [4.69, 9.17) is 14.5 Å². The summed E-state index contributed by atoms with van der Waals surface area (Å²) in [5.74, 6) is 2.66. The average Bonchev–Trinajstić information content (AvgIpc) is 3.32. The topological polar surface area (TPSA) is 65.4 Å². The van der Waals surface area contributed by atoms with Crippen molar-refractivity contribution in [3.05, 3.63) is 102 Å². The van der Waals surface area contributed by atoms with Gasteiger partial charge in [0.1, 0.15) is 5.82 Å². The van der Waals surface area contributed by atoms with Crippen LogP contribution >= 0.6 is 0 Å². The zero-order valence-corrected chi connectivity index (χ0v) is 22.9. The van der Waals surface area contributed by atoms with Crippen LogP contribution in [0.15, 0.2) is 85.5 Å². The Balaban J connectivity index is 1.23. The number of carbonyl (C=O) groups excluding carboxylic acids is 1. The highest BCUT2D eigenvalue weighted by molar-refractivity contribution is 5.94. The molecule has 0 radical (unpaired) electrons. The van der Waals surface area contributed by atoms with E-state index in [0.29, 0.717) is 18.7 Å². The number of aromatic nitrogens is 2. The van der Waals surface area contributed by atoms with Gasteiger partial charge in [-0.15, -0.1) is 6.58 Å². The number of unbranched alkanes of at least 4 members (excludes halogenated alkanes) is 3. The number of hydrogen-bond acceptors (Lipinski definition) is 4. The molecule has 1 N–H and O–H groups in total. The van der Waals surface area contributed by atoms with E-state index in [1.54, 1.807) is 7.11 Å². The first kappa shape index (κ1) is 28.0. The Morgan fingerprint density at radius 1 is 0.949 bits per heavy atom. The van der Waals surface area contributed by atoms with Gasteiger partial charge in [-0.25, -0.2) is 4.98 Å². The van der Waals surface area contributed by atoms with Gasteiger partial charge in [-0.2, -0.15) is 0 Å². The van der Waals surface area contributed by atoms with Crippen molar-refractivity contribution in [3.63, 3.8) is 0 Å². The fourth-order valence-electron chi connectivity index (χ4n) is 4.72. The molecule has 3 aromatic carbocycles. The molecule has 6 nitrogen and oxygen atoms in total. The Bertz CT molecular complexity index is 1350. The number of aryl methyl sites for hydroxylation is 2. The molecule has 0 aliphatic rings. The highest BCUT2D eigenvalue weighted by Gasteiger charge is 2.11. The molecule has 0 bridgehead atoms. The molecule has 204 valence electrons. The van der Waals surface area contributed by atoms with E-state index < -0.39 is 0 Å². The molecule has 6 heteroatoms. The molecule has 0 aliphatic heterocycles. The number of ether oxygens (including phenoxy) is 2. The van der Waals surface area contributed by atoms with Crippen molar-refractivity contribution in [1.82, 2.24) is 14.9 Å². The third kappa shape index (κ3) is 7.96. The number of nitrogens with one attached hydrogen (secondary N) is 1. The summed E-state index contributed by atoms with van der Waals surface area (Å²) < 4.78 is 13.9. The Labute approximate surface area is 231 Å². The number of benzene rings is 3. The summed E-state index contributed by atoms with van der Waals surface area (Å²) in [7, 11) is 1.67. The van der Waals surface area contributed by atoms with Gasteiger partial charge < -0.3 is 19.4 Å². The quantitative estimate of drug-likeness (QED) is 0.129. The largest absolute Gasteiger partial charge is 0.493 e. The molecule has 0 saturated carbocycles. The normalized spacial score (nSPS) is 10.9. The monoisotopic (exact) mass is 525 g/mol. The van der Waals surface area contributed by atoms with Crippen LogP contribution in [0.1, 0.15) is 53.8 Å². The predicted molar refractivity (Wildman–Crippen MR) is 158 cm³/mol. The van der Waals surface area contributed by atoms with Gasteiger partial charge in [-0.3, -0.25) is 4.79 Å². The standard InChI is InChI=1S/C33H39N3O3/c1-3-14-26-20-21-30(31(25-26)38-2)39-24-13-12-23-36-29-18-10-9-17-28(29)35-32(36)19-8-5-11-22-34-33(37)27-15-6-4-7-16-27/h3-4,6-7,9-10,15-18,20-21,25H,1,5,8,11-14,19,22-24H2,2H3,(H,34,37). The van der Waals surface area contributed by atoms with Crippen molar-refractivity contribution in [1.29, 1.82) is 0 Å². The summed E-state index contributed by atoms with van der Waals surface area (Å²) in [5, 5.41) is 3.01. The first-order chi connectivity index (χ1) is 19.2. The van der Waals surface area contributed by atoms with Gasteiger partial charge in [0.25, 0.3) is 5.91 Å². The van der Waals surface area contributed by atoms with E-state index in [2.05, 4.69) is 40.7 Å². The van der Waals surface area contributed by atoms with Crippen LogP contribution in [-0.2, 0) is 19.4 Å². The zero-order chi connectivity index (χ0) is 27.3. The van der Waals surface area contributed by atoms with E-state index in [9.17, 15) is 4.79 Å². The fraction of sp³-hybridized carbons (Fsp3) is 0.333. The number of imidazole rings is 1. The Kier molecular flexibility index (Phi) is 10.6. The lowest BCUT2D eigenvalue weighted by Gasteiger charge is -2.13. The van der Waals surface area contributed by atoms with Crippen LogP contribution in [-0.4, -0.2) is 35.7 Å². The highest BCUT2D eigenvalue weighted by Crippen LogP contribution is 2.28. The van der Waals surface area contributed by atoms with Crippen molar-refractivity contribution >= 4 is 16.9 Å². The summed E-state index contributed by atoms with van der Waals surface area (Å²) in [6.07, 6.45) is 8.58. The molecule has 1 heterocycles. The minimum absolute atomic E-state index is 0.00970. The summed E-state index contributed by atoms with van der Waals surface area (Å²) in [6.45, 7) is 6.02. The van der Waals surface area contributed by atoms with Crippen LogP contribution < -0.4 is 14.8 Å². The predicted octanol–water partition coefficient (Wildman–Crippen LogP) is 6.78. The van der Waals surface area contributed by atoms with Gasteiger partial charge in [-0.1, -0.05) is 48.9 Å². The number of para-hydroxylation sites is 2. The third-order valence-electron chi connectivity index (χ3n) is 6.77. The van der Waals surface area contributed by atoms with Gasteiger partial charge in [0.15, 0.2) is 11.5 Å². The molecule has 0 fully saturated rings. The Morgan fingerprint density at radius 3 is 2.59 bits per heavy atom. The van der Waals surface area contributed by atoms with E-state index in [1.807, 2.05) is 54.6 Å². The van der Waals surface area contributed by atoms with Crippen LogP contribution in [0.3, 0.4) is 0 Å². The van der Waals surface area contributed by atoms with E-state index in [1.165, 1.54) is 5.52 Å². The molecule has 0 aliphatic carbocycles. The lowest BCUT2D eigenvalue weighted by atomic mass is 10.1. The second-order valence-electron chi connectivity index (χ2n) is 9.63. The minimum Gasteiger partial charge on any atom is -0.493 e. The summed E-state index contributed by atoms with van der Waals surface area (Å²) in [5.41, 5.74) is 4.09. The number of nitrogens with zero attached hydrogens (tertiary/aromatic N) is 2. The number of carbonyl (C=O) groups is 1. The first-order valence-electron chi connectivity index (χ1n) is 13.9. The van der Waals surface area contributed by atoms with Crippen LogP contribution in [0.2, 0.25) is 0 Å². The number of amides is 1. The maximum absolute atomic E-state index is 12.2. The second-order valence-corrected chi connectivity index (χ2v) is 9.63. The first-order valence-corrected chi connectivity index (χ1v) is 13.9. The lowest BCUT2D eigenvalue weighted by Crippen LogP contribution is -2.24. The molecule has 0 unspecified atom stereocenters. The molecule has 1 aromatic heterocycles. The van der Waals surface area contributed by atoms with Crippen molar-refractivity contribution in [2.45, 2.75) is 51.5 Å². The van der Waals surface area contributed by atoms with Crippen LogP contribution in [0, 0.1) is 0 Å². The van der Waals surface area contributed by atoms with Gasteiger partial charge in [0.05, 0.1) is 24.8 Å². The van der Waals surface area contributed by atoms with Gasteiger partial charge in [0.2, 0.25) is 0 Å². The van der Waals surface area contributed by atoms with Gasteiger partial charge in [0, 0.05) is 25.1 Å². The SMILES string of the molecule is C=CCc1ccc(OCCCCn2c(CCCCCNC(=O)c3ccccc3)nc3ccccc32)c(OC)c1. The van der Waals surface area contributed by atoms with Crippen molar-refractivity contribution in [3.8, 4) is 11.5 Å². The van der Waals surface area contributed by atoms with Crippen LogP contribution in [0.25, 0.3) is 11.0 Å². The van der Waals surface area contributed by atoms with Crippen molar-refractivity contribution < 1.29 is 14.3 Å².